The minimum absolute atomic E-state index is 0.0250. The van der Waals surface area contributed by atoms with Crippen LogP contribution in [0.5, 0.6) is 0 Å². The van der Waals surface area contributed by atoms with Crippen molar-refractivity contribution in [3.63, 3.8) is 0 Å². The molecule has 2 aliphatic rings. The van der Waals surface area contributed by atoms with Gasteiger partial charge in [0.05, 0.1) is 12.5 Å². The van der Waals surface area contributed by atoms with E-state index in [4.69, 9.17) is 4.74 Å². The molecule has 3 nitrogen and oxygen atoms in total. The van der Waals surface area contributed by atoms with Crippen molar-refractivity contribution >= 4 is 12.3 Å². The molecule has 0 aromatic carbocycles. The minimum atomic E-state index is -0.0250. The van der Waals surface area contributed by atoms with E-state index in [1.54, 1.807) is 0 Å². The molecule has 0 atom stereocenters. The van der Waals surface area contributed by atoms with E-state index in [-0.39, 0.29) is 17.8 Å². The molecule has 2 rings (SSSR count). The highest BCUT2D eigenvalue weighted by molar-refractivity contribution is 5.72. The topological polar surface area (TPSA) is 43.4 Å². The van der Waals surface area contributed by atoms with Crippen molar-refractivity contribution in [3.8, 4) is 0 Å². The second-order valence-corrected chi connectivity index (χ2v) is 6.50. The molecule has 0 N–H and O–H groups in total. The zero-order valence-corrected chi connectivity index (χ0v) is 12.0. The fourth-order valence-corrected chi connectivity index (χ4v) is 3.30. The molecule has 0 spiro atoms. The monoisotopic (exact) mass is 266 g/mol. The molecule has 2 aliphatic carbocycles. The number of hydrogen-bond donors (Lipinski definition) is 0. The number of rotatable bonds is 4. The van der Waals surface area contributed by atoms with Gasteiger partial charge in [0, 0.05) is 5.92 Å². The van der Waals surface area contributed by atoms with Gasteiger partial charge in [-0.05, 0) is 50.4 Å². The maximum atomic E-state index is 12.0. The minimum Gasteiger partial charge on any atom is -0.465 e. The smallest absolute Gasteiger partial charge is 0.308 e. The van der Waals surface area contributed by atoms with Crippen LogP contribution in [0.15, 0.2) is 0 Å². The molecular formula is C16H26O3. The largest absolute Gasteiger partial charge is 0.465 e. The summed E-state index contributed by atoms with van der Waals surface area (Å²) in [4.78, 5) is 22.7. The normalized spacial score (nSPS) is 35.6. The number of ether oxygens (including phenoxy) is 1. The van der Waals surface area contributed by atoms with E-state index in [9.17, 15) is 9.59 Å². The van der Waals surface area contributed by atoms with Crippen LogP contribution in [0.4, 0.5) is 0 Å². The third kappa shape index (κ3) is 4.32. The van der Waals surface area contributed by atoms with Gasteiger partial charge in [0.1, 0.15) is 6.29 Å². The van der Waals surface area contributed by atoms with Gasteiger partial charge in [-0.25, -0.2) is 0 Å². The van der Waals surface area contributed by atoms with Crippen LogP contribution in [0.2, 0.25) is 0 Å². The van der Waals surface area contributed by atoms with Crippen LogP contribution in [0.1, 0.15) is 58.3 Å². The maximum absolute atomic E-state index is 12.0. The van der Waals surface area contributed by atoms with Crippen LogP contribution >= 0.6 is 0 Å². The zero-order chi connectivity index (χ0) is 13.7. The van der Waals surface area contributed by atoms with E-state index in [1.165, 1.54) is 25.7 Å². The molecule has 0 radical (unpaired) electrons. The predicted molar refractivity (Wildman–Crippen MR) is 73.6 cm³/mol. The van der Waals surface area contributed by atoms with Gasteiger partial charge in [-0.2, -0.15) is 0 Å². The molecule has 108 valence electrons. The van der Waals surface area contributed by atoms with Gasteiger partial charge in [0.25, 0.3) is 0 Å². The van der Waals surface area contributed by atoms with Gasteiger partial charge in [0.15, 0.2) is 0 Å². The quantitative estimate of drug-likeness (QED) is 0.579. The van der Waals surface area contributed by atoms with Gasteiger partial charge < -0.3 is 9.53 Å². The van der Waals surface area contributed by atoms with Crippen LogP contribution in [0, 0.1) is 23.7 Å². The molecule has 0 aliphatic heterocycles. The second kappa shape index (κ2) is 7.06. The second-order valence-electron chi connectivity index (χ2n) is 6.50. The number of esters is 1. The Labute approximate surface area is 116 Å². The predicted octanol–water partition coefficient (Wildman–Crippen LogP) is 3.36. The fraction of sp³-hybridized carbons (Fsp3) is 0.875. The maximum Gasteiger partial charge on any atom is 0.308 e. The number of hydrogen-bond acceptors (Lipinski definition) is 3. The van der Waals surface area contributed by atoms with Crippen LogP contribution in [0.3, 0.4) is 0 Å². The van der Waals surface area contributed by atoms with Crippen molar-refractivity contribution in [1.29, 1.82) is 0 Å². The summed E-state index contributed by atoms with van der Waals surface area (Å²) in [5.41, 5.74) is 0. The molecule has 0 heterocycles. The summed E-state index contributed by atoms with van der Waals surface area (Å²) in [6.07, 6.45) is 9.32. The van der Waals surface area contributed by atoms with Crippen LogP contribution in [-0.2, 0) is 14.3 Å². The Hall–Kier alpha value is -0.860. The Morgan fingerprint density at radius 3 is 2.26 bits per heavy atom. The lowest BCUT2D eigenvalue weighted by Crippen LogP contribution is -2.27. The van der Waals surface area contributed by atoms with E-state index < -0.39 is 0 Å². The Kier molecular flexibility index (Phi) is 5.41. The van der Waals surface area contributed by atoms with Crippen molar-refractivity contribution < 1.29 is 14.3 Å². The first-order valence-electron chi connectivity index (χ1n) is 7.81. The van der Waals surface area contributed by atoms with Crippen molar-refractivity contribution in [3.05, 3.63) is 0 Å². The van der Waals surface area contributed by atoms with Crippen molar-refractivity contribution in [1.82, 2.24) is 0 Å². The number of carbonyl (C=O) groups is 2. The van der Waals surface area contributed by atoms with E-state index in [0.29, 0.717) is 12.5 Å². The highest BCUT2D eigenvalue weighted by Crippen LogP contribution is 2.30. The molecule has 3 heteroatoms. The highest BCUT2D eigenvalue weighted by Gasteiger charge is 2.28. The Bertz CT molecular complexity index is 297. The van der Waals surface area contributed by atoms with Crippen LogP contribution in [0.25, 0.3) is 0 Å². The summed E-state index contributed by atoms with van der Waals surface area (Å²) in [5.74, 6) is 1.60. The summed E-state index contributed by atoms with van der Waals surface area (Å²) < 4.78 is 5.50. The summed E-state index contributed by atoms with van der Waals surface area (Å²) in [6.45, 7) is 2.91. The van der Waals surface area contributed by atoms with Gasteiger partial charge in [0.2, 0.25) is 0 Å². The zero-order valence-electron chi connectivity index (χ0n) is 12.0. The molecule has 0 bridgehead atoms. The third-order valence-electron chi connectivity index (χ3n) is 4.89. The van der Waals surface area contributed by atoms with Crippen LogP contribution in [-0.4, -0.2) is 18.9 Å². The Balaban J connectivity index is 1.66. The SMILES string of the molecule is CC1CCC(COC(=O)C2CCC(C=O)CC2)CC1. The summed E-state index contributed by atoms with van der Waals surface area (Å²) in [5, 5.41) is 0. The van der Waals surface area contributed by atoms with E-state index in [1.807, 2.05) is 0 Å². The summed E-state index contributed by atoms with van der Waals surface area (Å²) in [6, 6.07) is 0. The van der Waals surface area contributed by atoms with Crippen molar-refractivity contribution in [2.75, 3.05) is 6.61 Å². The molecule has 0 unspecified atom stereocenters. The number of aldehydes is 1. The lowest BCUT2D eigenvalue weighted by Gasteiger charge is -2.27. The molecule has 2 saturated carbocycles. The first kappa shape index (κ1) is 14.5. The van der Waals surface area contributed by atoms with Gasteiger partial charge in [-0.3, -0.25) is 4.79 Å². The summed E-state index contributed by atoms with van der Waals surface area (Å²) in [7, 11) is 0. The van der Waals surface area contributed by atoms with Gasteiger partial charge in [-0.15, -0.1) is 0 Å². The molecule has 0 aromatic heterocycles. The van der Waals surface area contributed by atoms with Crippen molar-refractivity contribution in [2.45, 2.75) is 58.3 Å². The van der Waals surface area contributed by atoms with E-state index >= 15 is 0 Å². The Morgan fingerprint density at radius 2 is 1.68 bits per heavy atom. The van der Waals surface area contributed by atoms with Gasteiger partial charge >= 0.3 is 5.97 Å². The number of carbonyl (C=O) groups excluding carboxylic acids is 2. The lowest BCUT2D eigenvalue weighted by atomic mass is 9.82. The van der Waals surface area contributed by atoms with E-state index in [0.717, 1.165) is 37.9 Å². The first-order chi connectivity index (χ1) is 9.19. The van der Waals surface area contributed by atoms with Gasteiger partial charge in [-0.1, -0.05) is 19.8 Å². The molecule has 2 fully saturated rings. The fourth-order valence-electron chi connectivity index (χ4n) is 3.30. The average Bonchev–Trinajstić information content (AvgIpc) is 2.46. The van der Waals surface area contributed by atoms with E-state index in [2.05, 4.69) is 6.92 Å². The molecular weight excluding hydrogens is 240 g/mol. The molecule has 0 aromatic rings. The first-order valence-corrected chi connectivity index (χ1v) is 7.81. The third-order valence-corrected chi connectivity index (χ3v) is 4.89. The average molecular weight is 266 g/mol. The Morgan fingerprint density at radius 1 is 1.05 bits per heavy atom. The summed E-state index contributed by atoms with van der Waals surface area (Å²) >= 11 is 0. The van der Waals surface area contributed by atoms with Crippen LogP contribution < -0.4 is 0 Å². The highest BCUT2D eigenvalue weighted by atomic mass is 16.5. The standard InChI is InChI=1S/C16H26O3/c1-12-2-4-14(5-3-12)11-19-16(18)15-8-6-13(10-17)7-9-15/h10,12-15H,2-9,11H2,1H3. The molecule has 0 saturated heterocycles. The molecule has 19 heavy (non-hydrogen) atoms. The lowest BCUT2D eigenvalue weighted by molar-refractivity contribution is -0.152. The molecule has 0 amide bonds. The van der Waals surface area contributed by atoms with Crippen molar-refractivity contribution in [2.24, 2.45) is 23.7 Å².